The van der Waals surface area contributed by atoms with Gasteiger partial charge in [-0.2, -0.15) is 0 Å². The van der Waals surface area contributed by atoms with Crippen LogP contribution in [0.1, 0.15) is 26.8 Å². The number of thioether (sulfide) groups is 1. The molecule has 3 rings (SSSR count). The van der Waals surface area contributed by atoms with Crippen LogP contribution in [0.5, 0.6) is 0 Å². The van der Waals surface area contributed by atoms with Crippen LogP contribution in [0.25, 0.3) is 10.9 Å². The fourth-order valence-corrected chi connectivity index (χ4v) is 3.86. The maximum atomic E-state index is 12.9. The Hall–Kier alpha value is -3.20. The third-order valence-corrected chi connectivity index (χ3v) is 5.33. The molecule has 2 aromatic carbocycles. The van der Waals surface area contributed by atoms with Crippen molar-refractivity contribution < 1.29 is 9.72 Å². The summed E-state index contributed by atoms with van der Waals surface area (Å²) in [6.45, 7) is 5.47. The lowest BCUT2D eigenvalue weighted by Crippen LogP contribution is -2.28. The Morgan fingerprint density at radius 3 is 2.59 bits per heavy atom. The van der Waals surface area contributed by atoms with Gasteiger partial charge in [0.2, 0.25) is 5.91 Å². The molecular weight excluding hydrogens is 392 g/mol. The van der Waals surface area contributed by atoms with Crippen LogP contribution in [-0.2, 0) is 4.79 Å². The number of nitro benzene ring substituents is 1. The first-order valence-corrected chi connectivity index (χ1v) is 9.89. The minimum absolute atomic E-state index is 0.104. The third kappa shape index (κ3) is 4.45. The van der Waals surface area contributed by atoms with E-state index >= 15 is 0 Å². The number of para-hydroxylation sites is 1. The largest absolute Gasteiger partial charge is 0.325 e. The molecule has 0 radical (unpaired) electrons. The maximum Gasteiger partial charge on any atom is 0.271 e. The number of amides is 1. The van der Waals surface area contributed by atoms with Crippen LogP contribution < -0.4 is 10.9 Å². The number of aromatic nitrogens is 2. The molecule has 29 heavy (non-hydrogen) atoms. The zero-order chi connectivity index (χ0) is 21.1. The van der Waals surface area contributed by atoms with E-state index in [1.54, 1.807) is 41.8 Å². The van der Waals surface area contributed by atoms with Crippen molar-refractivity contribution in [3.8, 4) is 0 Å². The highest BCUT2D eigenvalue weighted by atomic mass is 32.2. The van der Waals surface area contributed by atoms with E-state index in [0.29, 0.717) is 21.7 Å². The molecule has 1 N–H and O–H groups in total. The number of rotatable bonds is 6. The fourth-order valence-electron chi connectivity index (χ4n) is 2.82. The van der Waals surface area contributed by atoms with E-state index in [2.05, 4.69) is 10.3 Å². The number of non-ortho nitro benzene ring substituents is 1. The quantitative estimate of drug-likeness (QED) is 0.284. The summed E-state index contributed by atoms with van der Waals surface area (Å²) in [5, 5.41) is 14.0. The molecular formula is C20H20N4O4S. The Bertz CT molecular complexity index is 1140. The molecule has 1 amide bonds. The summed E-state index contributed by atoms with van der Waals surface area (Å²) in [6.07, 6.45) is 0. The first-order chi connectivity index (χ1) is 13.8. The van der Waals surface area contributed by atoms with E-state index in [0.717, 1.165) is 0 Å². The second kappa shape index (κ2) is 8.44. The van der Waals surface area contributed by atoms with E-state index in [-0.39, 0.29) is 23.2 Å². The van der Waals surface area contributed by atoms with E-state index in [9.17, 15) is 19.7 Å². The molecule has 0 unspecified atom stereocenters. The topological polar surface area (TPSA) is 107 Å². The van der Waals surface area contributed by atoms with Crippen molar-refractivity contribution >= 4 is 39.9 Å². The average Bonchev–Trinajstić information content (AvgIpc) is 2.68. The zero-order valence-corrected chi connectivity index (χ0v) is 17.0. The molecule has 1 heterocycles. The summed E-state index contributed by atoms with van der Waals surface area (Å²) in [4.78, 5) is 40.5. The van der Waals surface area contributed by atoms with Gasteiger partial charge in [-0.15, -0.1) is 0 Å². The van der Waals surface area contributed by atoms with Gasteiger partial charge in [0.25, 0.3) is 11.2 Å². The summed E-state index contributed by atoms with van der Waals surface area (Å²) in [5.74, 6) is -0.340. The monoisotopic (exact) mass is 412 g/mol. The van der Waals surface area contributed by atoms with Gasteiger partial charge < -0.3 is 5.32 Å². The average molecular weight is 412 g/mol. The third-order valence-electron chi connectivity index (χ3n) is 4.27. The van der Waals surface area contributed by atoms with E-state index in [1.165, 1.54) is 30.0 Å². The standard InChI is InChI=1S/C20H20N4O4S/c1-12(2)23-19(26)16-9-4-5-10-17(16)22-20(23)29-13(3)18(25)21-14-7-6-8-15(11-14)24(27)28/h4-13H,1-3H3,(H,21,25)/t13-/m0/s1. The van der Waals surface area contributed by atoms with E-state index < -0.39 is 10.2 Å². The van der Waals surface area contributed by atoms with Crippen LogP contribution in [0.2, 0.25) is 0 Å². The number of fused-ring (bicyclic) bond motifs is 1. The lowest BCUT2D eigenvalue weighted by molar-refractivity contribution is -0.384. The summed E-state index contributed by atoms with van der Waals surface area (Å²) in [5.41, 5.74) is 0.653. The number of nitrogens with one attached hydrogen (secondary N) is 1. The number of nitrogens with zero attached hydrogens (tertiary/aromatic N) is 3. The normalized spacial score (nSPS) is 12.1. The van der Waals surface area contributed by atoms with Gasteiger partial charge in [0.15, 0.2) is 5.16 Å². The number of anilines is 1. The molecule has 8 nitrogen and oxygen atoms in total. The van der Waals surface area contributed by atoms with Crippen LogP contribution in [0.4, 0.5) is 11.4 Å². The number of benzene rings is 2. The number of hydrogen-bond acceptors (Lipinski definition) is 6. The first kappa shape index (κ1) is 20.5. The molecule has 0 saturated carbocycles. The van der Waals surface area contributed by atoms with Crippen molar-refractivity contribution in [2.75, 3.05) is 5.32 Å². The van der Waals surface area contributed by atoms with Gasteiger partial charge in [-0.1, -0.05) is 30.0 Å². The Morgan fingerprint density at radius 2 is 1.90 bits per heavy atom. The van der Waals surface area contributed by atoms with Gasteiger partial charge in [-0.3, -0.25) is 24.3 Å². The minimum Gasteiger partial charge on any atom is -0.325 e. The van der Waals surface area contributed by atoms with Crippen molar-refractivity contribution in [3.63, 3.8) is 0 Å². The van der Waals surface area contributed by atoms with E-state index in [4.69, 9.17) is 0 Å². The summed E-state index contributed by atoms with van der Waals surface area (Å²) in [6, 6.07) is 12.7. The predicted molar refractivity (Wildman–Crippen MR) is 113 cm³/mol. The molecule has 9 heteroatoms. The highest BCUT2D eigenvalue weighted by Gasteiger charge is 2.21. The van der Waals surface area contributed by atoms with Gasteiger partial charge in [-0.25, -0.2) is 4.98 Å². The summed E-state index contributed by atoms with van der Waals surface area (Å²) >= 11 is 1.17. The minimum atomic E-state index is -0.577. The number of hydrogen-bond donors (Lipinski definition) is 1. The number of nitro groups is 1. The molecule has 0 spiro atoms. The van der Waals surface area contributed by atoms with Gasteiger partial charge in [0.05, 0.1) is 21.1 Å². The summed E-state index contributed by atoms with van der Waals surface area (Å²) < 4.78 is 1.57. The molecule has 0 aliphatic heterocycles. The lowest BCUT2D eigenvalue weighted by atomic mass is 10.2. The molecule has 0 bridgehead atoms. The van der Waals surface area contributed by atoms with E-state index in [1.807, 2.05) is 13.8 Å². The van der Waals surface area contributed by atoms with Crippen LogP contribution in [0, 0.1) is 10.1 Å². The highest BCUT2D eigenvalue weighted by molar-refractivity contribution is 8.00. The molecule has 0 aliphatic rings. The maximum absolute atomic E-state index is 12.9. The number of carbonyl (C=O) groups excluding carboxylic acids is 1. The zero-order valence-electron chi connectivity index (χ0n) is 16.2. The Labute approximate surface area is 171 Å². The molecule has 0 aliphatic carbocycles. The van der Waals surface area contributed by atoms with Gasteiger partial charge in [-0.05, 0) is 39.0 Å². The first-order valence-electron chi connectivity index (χ1n) is 9.01. The SMILES string of the molecule is CC(C)n1c(S[C@@H](C)C(=O)Nc2cccc([N+](=O)[O-])c2)nc2ccccc2c1=O. The Morgan fingerprint density at radius 1 is 1.17 bits per heavy atom. The molecule has 1 aromatic heterocycles. The summed E-state index contributed by atoms with van der Waals surface area (Å²) in [7, 11) is 0. The Balaban J connectivity index is 1.87. The highest BCUT2D eigenvalue weighted by Crippen LogP contribution is 2.26. The smallest absolute Gasteiger partial charge is 0.271 e. The van der Waals surface area contributed by atoms with Gasteiger partial charge in [0.1, 0.15) is 0 Å². The van der Waals surface area contributed by atoms with Crippen molar-refractivity contribution in [1.82, 2.24) is 9.55 Å². The van der Waals surface area contributed by atoms with Crippen molar-refractivity contribution in [3.05, 3.63) is 69.0 Å². The second-order valence-electron chi connectivity index (χ2n) is 6.74. The van der Waals surface area contributed by atoms with Gasteiger partial charge in [0, 0.05) is 23.9 Å². The molecule has 0 saturated heterocycles. The Kier molecular flexibility index (Phi) is 5.97. The molecule has 150 valence electrons. The van der Waals surface area contributed by atoms with Crippen LogP contribution >= 0.6 is 11.8 Å². The van der Waals surface area contributed by atoms with Crippen molar-refractivity contribution in [1.29, 1.82) is 0 Å². The second-order valence-corrected chi connectivity index (χ2v) is 8.05. The van der Waals surface area contributed by atoms with Crippen molar-refractivity contribution in [2.45, 2.75) is 37.2 Å². The lowest BCUT2D eigenvalue weighted by Gasteiger charge is -2.18. The van der Waals surface area contributed by atoms with Crippen LogP contribution in [-0.4, -0.2) is 25.6 Å². The van der Waals surface area contributed by atoms with Crippen molar-refractivity contribution in [2.24, 2.45) is 0 Å². The molecule has 0 fully saturated rings. The van der Waals surface area contributed by atoms with Crippen LogP contribution in [0.15, 0.2) is 58.5 Å². The molecule has 3 aromatic rings. The fraction of sp³-hybridized carbons (Fsp3) is 0.250. The van der Waals surface area contributed by atoms with Crippen LogP contribution in [0.3, 0.4) is 0 Å². The predicted octanol–water partition coefficient (Wildman–Crippen LogP) is 4.00. The molecule has 1 atom stereocenters. The van der Waals surface area contributed by atoms with Gasteiger partial charge >= 0.3 is 0 Å². The number of carbonyl (C=O) groups is 1.